The second kappa shape index (κ2) is 5.22. The van der Waals surface area contributed by atoms with Crippen LogP contribution in [0.15, 0.2) is 52.3 Å². The Morgan fingerprint density at radius 2 is 1.84 bits per heavy atom. The fourth-order valence-corrected chi connectivity index (χ4v) is 3.68. The van der Waals surface area contributed by atoms with Crippen LogP contribution in [-0.4, -0.2) is 5.78 Å². The van der Waals surface area contributed by atoms with Gasteiger partial charge >= 0.3 is 0 Å². The van der Waals surface area contributed by atoms with Gasteiger partial charge in [-0.1, -0.05) is 30.0 Å². The first-order chi connectivity index (χ1) is 9.24. The van der Waals surface area contributed by atoms with Crippen LogP contribution in [0.25, 0.3) is 0 Å². The second-order valence-corrected chi connectivity index (χ2v) is 6.10. The quantitative estimate of drug-likeness (QED) is 0.787. The monoisotopic (exact) mass is 268 g/mol. The molecule has 0 fully saturated rings. The van der Waals surface area contributed by atoms with Gasteiger partial charge in [0, 0.05) is 21.8 Å². The van der Waals surface area contributed by atoms with Crippen LogP contribution in [0.2, 0.25) is 0 Å². The molecule has 2 aromatic rings. The van der Waals surface area contributed by atoms with E-state index in [1.54, 1.807) is 11.8 Å². The molecular weight excluding hydrogens is 252 g/mol. The van der Waals surface area contributed by atoms with E-state index in [1.807, 2.05) is 12.1 Å². The Bertz CT molecular complexity index is 617. The average Bonchev–Trinajstić information content (AvgIpc) is 2.41. The van der Waals surface area contributed by atoms with Gasteiger partial charge in [0.05, 0.1) is 0 Å². The van der Waals surface area contributed by atoms with E-state index in [1.165, 1.54) is 20.9 Å². The molecule has 0 saturated carbocycles. The van der Waals surface area contributed by atoms with Crippen molar-refractivity contribution in [2.45, 2.75) is 36.0 Å². The summed E-state index contributed by atoms with van der Waals surface area (Å²) in [6, 6.07) is 14.6. The number of carbonyl (C=O) groups excluding carboxylic acids is 1. The molecule has 1 nitrogen and oxygen atoms in total. The van der Waals surface area contributed by atoms with Gasteiger partial charge in [-0.25, -0.2) is 0 Å². The normalized spacial score (nSPS) is 14.3. The van der Waals surface area contributed by atoms with Gasteiger partial charge in [-0.3, -0.25) is 4.79 Å². The van der Waals surface area contributed by atoms with Crippen molar-refractivity contribution in [2.24, 2.45) is 0 Å². The van der Waals surface area contributed by atoms with Gasteiger partial charge in [0.15, 0.2) is 5.78 Å². The van der Waals surface area contributed by atoms with Gasteiger partial charge in [-0.2, -0.15) is 0 Å². The third-order valence-corrected chi connectivity index (χ3v) is 4.55. The van der Waals surface area contributed by atoms with E-state index in [0.717, 1.165) is 18.4 Å². The summed E-state index contributed by atoms with van der Waals surface area (Å²) in [6.07, 6.45) is 2.71. The standard InChI is InChI=1S/C17H16OS/c1-12-10-15-14(8-5-9-16(15)18)17(11-12)19-13-6-3-2-4-7-13/h2-4,6-7,10-11H,5,8-9H2,1H3. The van der Waals surface area contributed by atoms with Crippen LogP contribution in [0.4, 0.5) is 0 Å². The lowest BCUT2D eigenvalue weighted by molar-refractivity contribution is 0.0972. The van der Waals surface area contributed by atoms with Gasteiger partial charge in [0.25, 0.3) is 0 Å². The Hall–Kier alpha value is -1.54. The van der Waals surface area contributed by atoms with Crippen LogP contribution < -0.4 is 0 Å². The molecule has 0 heterocycles. The summed E-state index contributed by atoms with van der Waals surface area (Å²) in [5.41, 5.74) is 3.37. The number of fused-ring (bicyclic) bond motifs is 1. The summed E-state index contributed by atoms with van der Waals surface area (Å²) in [7, 11) is 0. The van der Waals surface area contributed by atoms with Crippen molar-refractivity contribution in [3.63, 3.8) is 0 Å². The van der Waals surface area contributed by atoms with E-state index in [4.69, 9.17) is 0 Å². The zero-order valence-electron chi connectivity index (χ0n) is 11.0. The van der Waals surface area contributed by atoms with E-state index >= 15 is 0 Å². The molecule has 0 N–H and O–H groups in total. The Morgan fingerprint density at radius 3 is 2.63 bits per heavy atom. The smallest absolute Gasteiger partial charge is 0.163 e. The number of Topliss-reactive ketones (excluding diaryl/α,β-unsaturated/α-hetero) is 1. The lowest BCUT2D eigenvalue weighted by Gasteiger charge is -2.19. The third-order valence-electron chi connectivity index (χ3n) is 3.46. The van der Waals surface area contributed by atoms with Gasteiger partial charge in [-0.05, 0) is 55.2 Å². The molecule has 2 aromatic carbocycles. The number of hydrogen-bond acceptors (Lipinski definition) is 2. The minimum Gasteiger partial charge on any atom is -0.294 e. The summed E-state index contributed by atoms with van der Waals surface area (Å²) >= 11 is 1.77. The molecule has 1 aliphatic rings. The van der Waals surface area contributed by atoms with E-state index in [0.29, 0.717) is 12.2 Å². The molecule has 96 valence electrons. The minimum absolute atomic E-state index is 0.305. The Kier molecular flexibility index (Phi) is 3.43. The highest BCUT2D eigenvalue weighted by atomic mass is 32.2. The topological polar surface area (TPSA) is 17.1 Å². The molecule has 0 saturated heterocycles. The zero-order chi connectivity index (χ0) is 13.2. The molecule has 0 unspecified atom stereocenters. The predicted molar refractivity (Wildman–Crippen MR) is 79.0 cm³/mol. The van der Waals surface area contributed by atoms with Crippen LogP contribution >= 0.6 is 11.8 Å². The molecular formula is C17H16OS. The molecule has 2 heteroatoms. The molecule has 3 rings (SSSR count). The van der Waals surface area contributed by atoms with Crippen molar-refractivity contribution >= 4 is 17.5 Å². The summed E-state index contributed by atoms with van der Waals surface area (Å²) in [5.74, 6) is 0.305. The first-order valence-corrected chi connectivity index (χ1v) is 7.45. The fourth-order valence-electron chi connectivity index (χ4n) is 2.56. The van der Waals surface area contributed by atoms with E-state index in [-0.39, 0.29) is 0 Å². The third kappa shape index (κ3) is 2.59. The summed E-state index contributed by atoms with van der Waals surface area (Å²) in [4.78, 5) is 14.5. The maximum atomic E-state index is 12.0. The molecule has 0 radical (unpaired) electrons. The van der Waals surface area contributed by atoms with E-state index in [2.05, 4.69) is 37.3 Å². The van der Waals surface area contributed by atoms with Gasteiger partial charge < -0.3 is 0 Å². The van der Waals surface area contributed by atoms with Gasteiger partial charge in [-0.15, -0.1) is 0 Å². The Morgan fingerprint density at radius 1 is 1.05 bits per heavy atom. The predicted octanol–water partition coefficient (Wildman–Crippen LogP) is 4.67. The van der Waals surface area contributed by atoms with Crippen molar-refractivity contribution in [2.75, 3.05) is 0 Å². The first-order valence-electron chi connectivity index (χ1n) is 6.63. The number of rotatable bonds is 2. The molecule has 0 aliphatic heterocycles. The Labute approximate surface area is 118 Å². The van der Waals surface area contributed by atoms with Crippen molar-refractivity contribution in [3.8, 4) is 0 Å². The largest absolute Gasteiger partial charge is 0.294 e. The van der Waals surface area contributed by atoms with Crippen molar-refractivity contribution in [1.82, 2.24) is 0 Å². The molecule has 0 atom stereocenters. The molecule has 0 spiro atoms. The van der Waals surface area contributed by atoms with Crippen molar-refractivity contribution in [1.29, 1.82) is 0 Å². The summed E-state index contributed by atoms with van der Waals surface area (Å²) < 4.78 is 0. The van der Waals surface area contributed by atoms with Crippen LogP contribution in [0.5, 0.6) is 0 Å². The maximum absolute atomic E-state index is 12.0. The fraction of sp³-hybridized carbons (Fsp3) is 0.235. The summed E-state index contributed by atoms with van der Waals surface area (Å²) in [6.45, 7) is 2.07. The lowest BCUT2D eigenvalue weighted by atomic mass is 9.89. The van der Waals surface area contributed by atoms with Crippen molar-refractivity contribution < 1.29 is 4.79 Å². The second-order valence-electron chi connectivity index (χ2n) is 4.98. The molecule has 19 heavy (non-hydrogen) atoms. The molecule has 0 aromatic heterocycles. The minimum atomic E-state index is 0.305. The van der Waals surface area contributed by atoms with Crippen LogP contribution in [0.3, 0.4) is 0 Å². The van der Waals surface area contributed by atoms with Gasteiger partial charge in [0.2, 0.25) is 0 Å². The number of benzene rings is 2. The average molecular weight is 268 g/mol. The van der Waals surface area contributed by atoms with Crippen LogP contribution in [0.1, 0.15) is 34.3 Å². The first kappa shape index (κ1) is 12.5. The lowest BCUT2D eigenvalue weighted by Crippen LogP contribution is -2.12. The number of aryl methyl sites for hydroxylation is 1. The van der Waals surface area contributed by atoms with E-state index < -0.39 is 0 Å². The van der Waals surface area contributed by atoms with E-state index in [9.17, 15) is 4.79 Å². The molecule has 1 aliphatic carbocycles. The highest BCUT2D eigenvalue weighted by Gasteiger charge is 2.20. The number of carbonyl (C=O) groups is 1. The summed E-state index contributed by atoms with van der Waals surface area (Å²) in [5, 5.41) is 0. The van der Waals surface area contributed by atoms with Gasteiger partial charge in [0.1, 0.15) is 0 Å². The zero-order valence-corrected chi connectivity index (χ0v) is 11.8. The highest BCUT2D eigenvalue weighted by molar-refractivity contribution is 7.99. The molecule has 0 bridgehead atoms. The van der Waals surface area contributed by atoms with Crippen LogP contribution in [-0.2, 0) is 6.42 Å². The highest BCUT2D eigenvalue weighted by Crippen LogP contribution is 2.36. The number of ketones is 1. The van der Waals surface area contributed by atoms with Crippen LogP contribution in [0, 0.1) is 6.92 Å². The number of hydrogen-bond donors (Lipinski definition) is 0. The Balaban J connectivity index is 2.04. The SMILES string of the molecule is Cc1cc(Sc2ccccc2)c2c(c1)C(=O)CCC2. The van der Waals surface area contributed by atoms with Crippen molar-refractivity contribution in [3.05, 3.63) is 59.2 Å². The molecule has 0 amide bonds. The maximum Gasteiger partial charge on any atom is 0.163 e.